The van der Waals surface area contributed by atoms with Gasteiger partial charge < -0.3 is 5.32 Å². The highest BCUT2D eigenvalue weighted by atomic mass is 32.2. The van der Waals surface area contributed by atoms with Crippen molar-refractivity contribution in [3.8, 4) is 0 Å². The predicted octanol–water partition coefficient (Wildman–Crippen LogP) is 2.21. The second-order valence-corrected chi connectivity index (χ2v) is 6.23. The summed E-state index contributed by atoms with van der Waals surface area (Å²) in [6.45, 7) is 3.87. The number of benzene rings is 1. The zero-order valence-electron chi connectivity index (χ0n) is 11.4. The molecule has 20 heavy (non-hydrogen) atoms. The third-order valence-corrected chi connectivity index (χ3v) is 3.89. The quantitative estimate of drug-likeness (QED) is 0.904. The lowest BCUT2D eigenvalue weighted by atomic mass is 10.1. The number of hydrogen-bond donors (Lipinski definition) is 2. The van der Waals surface area contributed by atoms with E-state index in [-0.39, 0.29) is 10.9 Å². The van der Waals surface area contributed by atoms with Gasteiger partial charge in [0.1, 0.15) is 0 Å². The van der Waals surface area contributed by atoms with Crippen LogP contribution in [0.4, 0.5) is 5.69 Å². The summed E-state index contributed by atoms with van der Waals surface area (Å²) in [7, 11) is -3.68. The Morgan fingerprint density at radius 2 is 2.00 bits per heavy atom. The molecule has 0 aliphatic heterocycles. The van der Waals surface area contributed by atoms with Gasteiger partial charge in [0.15, 0.2) is 0 Å². The van der Waals surface area contributed by atoms with Gasteiger partial charge in [0, 0.05) is 11.7 Å². The first-order valence-corrected chi connectivity index (χ1v) is 7.73. The summed E-state index contributed by atoms with van der Waals surface area (Å²) < 4.78 is 22.7. The van der Waals surface area contributed by atoms with E-state index in [0.29, 0.717) is 0 Å². The fourth-order valence-electron chi connectivity index (χ4n) is 1.85. The van der Waals surface area contributed by atoms with Crippen LogP contribution in [0, 0.1) is 6.92 Å². The van der Waals surface area contributed by atoms with Gasteiger partial charge in [-0.05, 0) is 43.7 Å². The van der Waals surface area contributed by atoms with Crippen molar-refractivity contribution < 1.29 is 8.42 Å². The lowest BCUT2D eigenvalue weighted by Crippen LogP contribution is -2.13. The molecule has 6 heteroatoms. The SMILES string of the molecule is Cc1ccc(NC(C)c2cccc(S(N)(=O)=O)c2)cn1. The topological polar surface area (TPSA) is 85.1 Å². The molecule has 1 aromatic carbocycles. The summed E-state index contributed by atoms with van der Waals surface area (Å²) in [6, 6.07) is 10.4. The number of sulfonamides is 1. The van der Waals surface area contributed by atoms with Crippen LogP contribution in [0.15, 0.2) is 47.5 Å². The van der Waals surface area contributed by atoms with E-state index in [1.165, 1.54) is 6.07 Å². The van der Waals surface area contributed by atoms with Crippen molar-refractivity contribution in [1.82, 2.24) is 4.98 Å². The van der Waals surface area contributed by atoms with E-state index in [1.54, 1.807) is 18.3 Å². The smallest absolute Gasteiger partial charge is 0.238 e. The van der Waals surface area contributed by atoms with E-state index in [9.17, 15) is 8.42 Å². The minimum Gasteiger partial charge on any atom is -0.377 e. The van der Waals surface area contributed by atoms with Crippen LogP contribution in [0.25, 0.3) is 0 Å². The molecule has 5 nitrogen and oxygen atoms in total. The van der Waals surface area contributed by atoms with Crippen molar-refractivity contribution in [2.24, 2.45) is 5.14 Å². The molecule has 0 radical (unpaired) electrons. The maximum atomic E-state index is 11.4. The highest BCUT2D eigenvalue weighted by molar-refractivity contribution is 7.89. The maximum absolute atomic E-state index is 11.4. The molecule has 1 atom stereocenters. The maximum Gasteiger partial charge on any atom is 0.238 e. The Balaban J connectivity index is 2.21. The molecule has 1 heterocycles. The van der Waals surface area contributed by atoms with E-state index in [4.69, 9.17) is 5.14 Å². The van der Waals surface area contributed by atoms with E-state index < -0.39 is 10.0 Å². The Labute approximate surface area is 118 Å². The van der Waals surface area contributed by atoms with E-state index in [2.05, 4.69) is 10.3 Å². The first-order chi connectivity index (χ1) is 9.36. The number of nitrogens with one attached hydrogen (secondary N) is 1. The Morgan fingerprint density at radius 3 is 2.60 bits per heavy atom. The summed E-state index contributed by atoms with van der Waals surface area (Å²) >= 11 is 0. The second-order valence-electron chi connectivity index (χ2n) is 4.67. The summed E-state index contributed by atoms with van der Waals surface area (Å²) in [5.41, 5.74) is 2.67. The van der Waals surface area contributed by atoms with Crippen molar-refractivity contribution in [3.63, 3.8) is 0 Å². The van der Waals surface area contributed by atoms with Crippen molar-refractivity contribution in [3.05, 3.63) is 53.9 Å². The highest BCUT2D eigenvalue weighted by Gasteiger charge is 2.11. The number of nitrogens with two attached hydrogens (primary N) is 1. The van der Waals surface area contributed by atoms with Gasteiger partial charge in [-0.1, -0.05) is 12.1 Å². The van der Waals surface area contributed by atoms with Gasteiger partial charge in [-0.2, -0.15) is 0 Å². The molecule has 1 aromatic heterocycles. The Morgan fingerprint density at radius 1 is 1.25 bits per heavy atom. The summed E-state index contributed by atoms with van der Waals surface area (Å²) in [5, 5.41) is 8.40. The average molecular weight is 291 g/mol. The Bertz CT molecular complexity index is 697. The number of aromatic nitrogens is 1. The monoisotopic (exact) mass is 291 g/mol. The normalized spacial score (nSPS) is 12.9. The fraction of sp³-hybridized carbons (Fsp3) is 0.214. The van der Waals surface area contributed by atoms with Crippen molar-refractivity contribution >= 4 is 15.7 Å². The molecule has 0 amide bonds. The van der Waals surface area contributed by atoms with Crippen molar-refractivity contribution in [2.75, 3.05) is 5.32 Å². The number of hydrogen-bond acceptors (Lipinski definition) is 4. The molecular formula is C14H17N3O2S. The predicted molar refractivity (Wildman–Crippen MR) is 78.8 cm³/mol. The number of aryl methyl sites for hydroxylation is 1. The molecule has 0 saturated heterocycles. The van der Waals surface area contributed by atoms with E-state index >= 15 is 0 Å². The van der Waals surface area contributed by atoms with Gasteiger partial charge in [0.2, 0.25) is 10.0 Å². The minimum atomic E-state index is -3.68. The molecule has 3 N–H and O–H groups in total. The third-order valence-electron chi connectivity index (χ3n) is 2.98. The summed E-state index contributed by atoms with van der Waals surface area (Å²) in [6.07, 6.45) is 1.75. The Hall–Kier alpha value is -1.92. The first-order valence-electron chi connectivity index (χ1n) is 6.18. The number of primary sulfonamides is 1. The van der Waals surface area contributed by atoms with Gasteiger partial charge in [0.25, 0.3) is 0 Å². The van der Waals surface area contributed by atoms with Crippen LogP contribution in [0.2, 0.25) is 0 Å². The average Bonchev–Trinajstić information content (AvgIpc) is 2.40. The minimum absolute atomic E-state index is 0.0544. The van der Waals surface area contributed by atoms with Crippen LogP contribution >= 0.6 is 0 Å². The van der Waals surface area contributed by atoms with Crippen LogP contribution in [0.5, 0.6) is 0 Å². The number of pyridine rings is 1. The van der Waals surface area contributed by atoms with E-state index in [1.807, 2.05) is 32.0 Å². The fourth-order valence-corrected chi connectivity index (χ4v) is 2.42. The summed E-state index contributed by atoms with van der Waals surface area (Å²) in [4.78, 5) is 4.32. The van der Waals surface area contributed by atoms with Gasteiger partial charge >= 0.3 is 0 Å². The van der Waals surface area contributed by atoms with Crippen LogP contribution in [0.1, 0.15) is 24.2 Å². The standard InChI is InChI=1S/C14H17N3O2S/c1-10-6-7-13(9-16-10)17-11(2)12-4-3-5-14(8-12)20(15,18)19/h3-9,11,17H,1-2H3,(H2,15,18,19). The zero-order valence-corrected chi connectivity index (χ0v) is 12.2. The number of rotatable bonds is 4. The lowest BCUT2D eigenvalue weighted by molar-refractivity contribution is 0.597. The largest absolute Gasteiger partial charge is 0.377 e. The molecule has 0 saturated carbocycles. The van der Waals surface area contributed by atoms with Gasteiger partial charge in [0.05, 0.1) is 16.8 Å². The molecule has 0 aliphatic rings. The molecule has 2 rings (SSSR count). The van der Waals surface area contributed by atoms with Crippen LogP contribution in [-0.2, 0) is 10.0 Å². The van der Waals surface area contributed by atoms with Crippen LogP contribution < -0.4 is 10.5 Å². The molecule has 1 unspecified atom stereocenters. The number of anilines is 1. The van der Waals surface area contributed by atoms with Gasteiger partial charge in [-0.15, -0.1) is 0 Å². The molecule has 0 aliphatic carbocycles. The van der Waals surface area contributed by atoms with Gasteiger partial charge in [-0.25, -0.2) is 13.6 Å². The van der Waals surface area contributed by atoms with Crippen LogP contribution in [-0.4, -0.2) is 13.4 Å². The molecule has 2 aromatic rings. The third kappa shape index (κ3) is 3.55. The van der Waals surface area contributed by atoms with Crippen molar-refractivity contribution in [1.29, 1.82) is 0 Å². The zero-order chi connectivity index (χ0) is 14.8. The summed E-state index contributed by atoms with van der Waals surface area (Å²) in [5.74, 6) is 0. The molecule has 106 valence electrons. The van der Waals surface area contributed by atoms with Crippen LogP contribution in [0.3, 0.4) is 0 Å². The van der Waals surface area contributed by atoms with E-state index in [0.717, 1.165) is 16.9 Å². The first kappa shape index (κ1) is 14.5. The Kier molecular flexibility index (Phi) is 4.06. The van der Waals surface area contributed by atoms with Gasteiger partial charge in [-0.3, -0.25) is 4.98 Å². The van der Waals surface area contributed by atoms with Crippen molar-refractivity contribution in [2.45, 2.75) is 24.8 Å². The lowest BCUT2D eigenvalue weighted by Gasteiger charge is -2.16. The molecule has 0 bridgehead atoms. The second kappa shape index (κ2) is 5.60. The molecular weight excluding hydrogens is 274 g/mol. The molecule has 0 spiro atoms. The molecule has 0 fully saturated rings. The number of nitrogens with zero attached hydrogens (tertiary/aromatic N) is 1. The highest BCUT2D eigenvalue weighted by Crippen LogP contribution is 2.21.